The highest BCUT2D eigenvalue weighted by Crippen LogP contribution is 2.23. The van der Waals surface area contributed by atoms with Crippen LogP contribution in [0.25, 0.3) is 0 Å². The highest BCUT2D eigenvalue weighted by molar-refractivity contribution is 5.78. The molecule has 22 heavy (non-hydrogen) atoms. The number of nitrogens with zero attached hydrogens (tertiary/aromatic N) is 1. The summed E-state index contributed by atoms with van der Waals surface area (Å²) in [6.07, 6.45) is 6.90. The molecule has 1 fully saturated rings. The number of aryl methyl sites for hydroxylation is 1. The van der Waals surface area contributed by atoms with Crippen LogP contribution in [0.15, 0.2) is 16.5 Å². The van der Waals surface area contributed by atoms with Crippen molar-refractivity contribution in [3.63, 3.8) is 0 Å². The first-order chi connectivity index (χ1) is 10.4. The monoisotopic (exact) mass is 304 g/mol. The van der Waals surface area contributed by atoms with E-state index in [2.05, 4.69) is 16.1 Å². The Hall–Kier alpha value is -1.77. The zero-order valence-electron chi connectivity index (χ0n) is 13.3. The molecule has 0 bridgehead atoms. The van der Waals surface area contributed by atoms with Crippen molar-refractivity contribution in [3.8, 4) is 12.3 Å². The average Bonchev–Trinajstić information content (AvgIpc) is 2.93. The van der Waals surface area contributed by atoms with Gasteiger partial charge < -0.3 is 14.8 Å². The second kappa shape index (κ2) is 6.99. The first-order valence-corrected chi connectivity index (χ1v) is 7.65. The van der Waals surface area contributed by atoms with Crippen LogP contribution in [-0.4, -0.2) is 42.1 Å². The summed E-state index contributed by atoms with van der Waals surface area (Å²) in [6, 6.07) is 3.53. The first-order valence-electron chi connectivity index (χ1n) is 7.65. The Bertz CT molecular complexity index is 548. The van der Waals surface area contributed by atoms with E-state index in [0.717, 1.165) is 31.7 Å². The van der Waals surface area contributed by atoms with Crippen molar-refractivity contribution in [3.05, 3.63) is 23.7 Å². The maximum Gasteiger partial charge on any atom is 0.223 e. The minimum absolute atomic E-state index is 0.0103. The topological polar surface area (TPSA) is 65.7 Å². The second-order valence-corrected chi connectivity index (χ2v) is 6.16. The van der Waals surface area contributed by atoms with E-state index in [1.54, 1.807) is 19.1 Å². The van der Waals surface area contributed by atoms with E-state index in [1.165, 1.54) is 0 Å². The van der Waals surface area contributed by atoms with E-state index in [0.29, 0.717) is 12.3 Å². The van der Waals surface area contributed by atoms with Gasteiger partial charge in [-0.3, -0.25) is 9.69 Å². The van der Waals surface area contributed by atoms with Gasteiger partial charge in [0.1, 0.15) is 17.1 Å². The zero-order chi connectivity index (χ0) is 16.2. The molecule has 1 saturated heterocycles. The summed E-state index contributed by atoms with van der Waals surface area (Å²) in [5.41, 5.74) is -1.20. The quantitative estimate of drug-likeness (QED) is 0.804. The number of aliphatic hydroxyl groups is 1. The molecule has 5 heteroatoms. The van der Waals surface area contributed by atoms with Crippen LogP contribution in [0, 0.1) is 25.2 Å². The molecule has 0 radical (unpaired) electrons. The molecule has 1 unspecified atom stereocenters. The summed E-state index contributed by atoms with van der Waals surface area (Å²) >= 11 is 0. The van der Waals surface area contributed by atoms with Crippen LogP contribution in [0.3, 0.4) is 0 Å². The average molecular weight is 304 g/mol. The minimum atomic E-state index is -1.20. The Morgan fingerprint density at radius 3 is 2.77 bits per heavy atom. The van der Waals surface area contributed by atoms with Crippen molar-refractivity contribution in [1.29, 1.82) is 0 Å². The van der Waals surface area contributed by atoms with E-state index in [9.17, 15) is 9.90 Å². The van der Waals surface area contributed by atoms with Gasteiger partial charge in [-0.25, -0.2) is 0 Å². The van der Waals surface area contributed by atoms with Gasteiger partial charge >= 0.3 is 0 Å². The fourth-order valence-corrected chi connectivity index (χ4v) is 2.70. The highest BCUT2D eigenvalue weighted by atomic mass is 16.4. The smallest absolute Gasteiger partial charge is 0.223 e. The van der Waals surface area contributed by atoms with Crippen LogP contribution < -0.4 is 5.32 Å². The van der Waals surface area contributed by atoms with E-state index >= 15 is 0 Å². The summed E-state index contributed by atoms with van der Waals surface area (Å²) in [6.45, 7) is 5.93. The van der Waals surface area contributed by atoms with E-state index in [4.69, 9.17) is 10.8 Å². The number of carbonyl (C=O) groups is 1. The molecule has 0 spiro atoms. The van der Waals surface area contributed by atoms with Gasteiger partial charge in [0.15, 0.2) is 0 Å². The molecule has 1 aliphatic heterocycles. The summed E-state index contributed by atoms with van der Waals surface area (Å²) in [4.78, 5) is 14.4. The summed E-state index contributed by atoms with van der Waals surface area (Å²) in [5, 5.41) is 13.3. The third-order valence-corrected chi connectivity index (χ3v) is 4.15. The van der Waals surface area contributed by atoms with Crippen molar-refractivity contribution in [2.24, 2.45) is 5.92 Å². The summed E-state index contributed by atoms with van der Waals surface area (Å²) in [5.74, 6) is 3.81. The lowest BCUT2D eigenvalue weighted by Gasteiger charge is -2.30. The molecular weight excluding hydrogens is 280 g/mol. The van der Waals surface area contributed by atoms with Crippen molar-refractivity contribution in [1.82, 2.24) is 10.2 Å². The molecule has 2 N–H and O–H groups in total. The lowest BCUT2D eigenvalue weighted by atomic mass is 9.95. The number of carbonyl (C=O) groups excluding carboxylic acids is 1. The van der Waals surface area contributed by atoms with Gasteiger partial charge in [-0.15, -0.1) is 6.42 Å². The number of amides is 1. The molecule has 0 saturated carbocycles. The summed E-state index contributed by atoms with van der Waals surface area (Å²) in [7, 11) is 0. The van der Waals surface area contributed by atoms with Gasteiger partial charge in [-0.1, -0.05) is 5.92 Å². The van der Waals surface area contributed by atoms with Crippen LogP contribution in [-0.2, 0) is 10.4 Å². The fraction of sp³-hybridized carbons (Fsp3) is 0.588. The number of terminal acetylenes is 1. The molecule has 1 aromatic heterocycles. The molecule has 0 aromatic carbocycles. The Balaban J connectivity index is 1.82. The molecule has 1 aliphatic rings. The molecule has 1 atom stereocenters. The van der Waals surface area contributed by atoms with Crippen LogP contribution in [0.2, 0.25) is 0 Å². The number of piperidine rings is 1. The van der Waals surface area contributed by atoms with Crippen molar-refractivity contribution in [2.45, 2.75) is 32.3 Å². The maximum atomic E-state index is 12.2. The normalized spacial score (nSPS) is 19.4. The Morgan fingerprint density at radius 1 is 1.55 bits per heavy atom. The SMILES string of the molecule is C#CCN1CCC(C(=O)NCC(C)(O)c2ccc(C)o2)CC1. The molecule has 2 heterocycles. The predicted octanol–water partition coefficient (Wildman–Crippen LogP) is 1.26. The number of likely N-dealkylation sites (tertiary alicyclic amines) is 1. The largest absolute Gasteiger partial charge is 0.463 e. The Morgan fingerprint density at radius 2 is 2.23 bits per heavy atom. The first kappa shape index (κ1) is 16.6. The standard InChI is InChI=1S/C17H24N2O3/c1-4-9-19-10-7-14(8-11-19)16(20)18-12-17(3,21)15-6-5-13(2)22-15/h1,5-6,14,21H,7-12H2,2-3H3,(H,18,20). The second-order valence-electron chi connectivity index (χ2n) is 6.16. The third-order valence-electron chi connectivity index (χ3n) is 4.15. The van der Waals surface area contributed by atoms with Crippen LogP contribution >= 0.6 is 0 Å². The van der Waals surface area contributed by atoms with Gasteiger partial charge in [0.2, 0.25) is 5.91 Å². The lowest BCUT2D eigenvalue weighted by Crippen LogP contribution is -2.44. The van der Waals surface area contributed by atoms with Crippen LogP contribution in [0.1, 0.15) is 31.3 Å². The van der Waals surface area contributed by atoms with E-state index in [-0.39, 0.29) is 18.4 Å². The summed E-state index contributed by atoms with van der Waals surface area (Å²) < 4.78 is 5.44. The maximum absolute atomic E-state index is 12.2. The molecule has 120 valence electrons. The minimum Gasteiger partial charge on any atom is -0.463 e. The highest BCUT2D eigenvalue weighted by Gasteiger charge is 2.30. The van der Waals surface area contributed by atoms with Gasteiger partial charge in [-0.2, -0.15) is 0 Å². The molecule has 1 amide bonds. The Kier molecular flexibility index (Phi) is 5.28. The number of hydrogen-bond donors (Lipinski definition) is 2. The van der Waals surface area contributed by atoms with Gasteiger partial charge in [0.05, 0.1) is 13.1 Å². The third kappa shape index (κ3) is 4.12. The number of hydrogen-bond acceptors (Lipinski definition) is 4. The molecule has 5 nitrogen and oxygen atoms in total. The van der Waals surface area contributed by atoms with Crippen LogP contribution in [0.4, 0.5) is 0 Å². The molecule has 0 aliphatic carbocycles. The lowest BCUT2D eigenvalue weighted by molar-refractivity contribution is -0.127. The fourth-order valence-electron chi connectivity index (χ4n) is 2.70. The van der Waals surface area contributed by atoms with Gasteiger partial charge in [0.25, 0.3) is 0 Å². The Labute approximate surface area is 131 Å². The zero-order valence-corrected chi connectivity index (χ0v) is 13.3. The van der Waals surface area contributed by atoms with E-state index in [1.807, 2.05) is 6.92 Å². The van der Waals surface area contributed by atoms with Crippen molar-refractivity contribution in [2.75, 3.05) is 26.2 Å². The van der Waals surface area contributed by atoms with Crippen molar-refractivity contribution >= 4 is 5.91 Å². The predicted molar refractivity (Wildman–Crippen MR) is 84.0 cm³/mol. The molecule has 1 aromatic rings. The van der Waals surface area contributed by atoms with Crippen LogP contribution in [0.5, 0.6) is 0 Å². The number of rotatable bonds is 5. The number of furan rings is 1. The van der Waals surface area contributed by atoms with Gasteiger partial charge in [-0.05, 0) is 51.9 Å². The van der Waals surface area contributed by atoms with E-state index < -0.39 is 5.60 Å². The molecular formula is C17H24N2O3. The number of nitrogens with one attached hydrogen (secondary N) is 1. The van der Waals surface area contributed by atoms with Gasteiger partial charge in [0, 0.05) is 5.92 Å². The van der Waals surface area contributed by atoms with Crippen molar-refractivity contribution < 1.29 is 14.3 Å². The molecule has 2 rings (SSSR count).